The fourth-order valence-corrected chi connectivity index (χ4v) is 6.10. The van der Waals surface area contributed by atoms with Gasteiger partial charge in [-0.25, -0.2) is 9.97 Å². The molecule has 0 unspecified atom stereocenters. The molecule has 1 fully saturated rings. The zero-order valence-electron chi connectivity index (χ0n) is 23.8. The van der Waals surface area contributed by atoms with E-state index >= 15 is 0 Å². The van der Waals surface area contributed by atoms with Crippen LogP contribution in [0.1, 0.15) is 65.6 Å². The van der Waals surface area contributed by atoms with Crippen LogP contribution in [0.3, 0.4) is 0 Å². The maximum absolute atomic E-state index is 13.3. The molecule has 214 valence electrons. The molecule has 41 heavy (non-hydrogen) atoms. The minimum absolute atomic E-state index is 0.144. The van der Waals surface area contributed by atoms with Crippen LogP contribution in [0, 0.1) is 0 Å². The number of nitrogens with zero attached hydrogens (tertiary/aromatic N) is 7. The molecule has 1 aromatic carbocycles. The van der Waals surface area contributed by atoms with Crippen LogP contribution in [0.4, 0.5) is 11.6 Å². The monoisotopic (exact) mass is 573 g/mol. The predicted molar refractivity (Wildman–Crippen MR) is 157 cm³/mol. The molecule has 2 atom stereocenters. The van der Waals surface area contributed by atoms with Crippen molar-refractivity contribution in [3.63, 3.8) is 0 Å². The van der Waals surface area contributed by atoms with E-state index in [1.54, 1.807) is 17.1 Å². The number of carbonyl (C=O) groups is 1. The largest absolute Gasteiger partial charge is 0.380 e. The highest BCUT2D eigenvalue weighted by atomic mass is 32.1. The molecule has 3 aromatic heterocycles. The molecular formula is C29H35N9O2S. The van der Waals surface area contributed by atoms with Gasteiger partial charge in [0.2, 0.25) is 11.0 Å². The first kappa shape index (κ1) is 27.4. The molecule has 1 saturated heterocycles. The van der Waals surface area contributed by atoms with Crippen molar-refractivity contribution in [2.75, 3.05) is 25.1 Å². The molecule has 0 aliphatic carbocycles. The number of aryl methyl sites for hydroxylation is 1. The van der Waals surface area contributed by atoms with Gasteiger partial charge >= 0.3 is 0 Å². The van der Waals surface area contributed by atoms with Crippen LogP contribution in [0.5, 0.6) is 0 Å². The summed E-state index contributed by atoms with van der Waals surface area (Å²) in [5, 5.41) is 20.4. The van der Waals surface area contributed by atoms with E-state index in [2.05, 4.69) is 74.8 Å². The van der Waals surface area contributed by atoms with Gasteiger partial charge in [0.1, 0.15) is 5.01 Å². The maximum atomic E-state index is 13.3. The van der Waals surface area contributed by atoms with Gasteiger partial charge in [0.15, 0.2) is 0 Å². The van der Waals surface area contributed by atoms with E-state index in [0.717, 1.165) is 66.7 Å². The number of hydrogen-bond donors (Lipinski definition) is 2. The third kappa shape index (κ3) is 6.14. The smallest absolute Gasteiger partial charge is 0.282 e. The fraction of sp³-hybridized carbons (Fsp3) is 0.448. The summed E-state index contributed by atoms with van der Waals surface area (Å²) in [7, 11) is 1.87. The molecule has 2 aliphatic heterocycles. The van der Waals surface area contributed by atoms with Gasteiger partial charge < -0.3 is 15.4 Å². The minimum Gasteiger partial charge on any atom is -0.380 e. The summed E-state index contributed by atoms with van der Waals surface area (Å²) < 4.78 is 7.45. The Hall–Kier alpha value is -3.74. The summed E-state index contributed by atoms with van der Waals surface area (Å²) in [6, 6.07) is 8.53. The lowest BCUT2D eigenvalue weighted by Gasteiger charge is -2.26. The number of carbonyl (C=O) groups excluding carboxylic acids is 1. The first-order chi connectivity index (χ1) is 19.7. The number of fused-ring (bicyclic) bond motifs is 1. The summed E-state index contributed by atoms with van der Waals surface area (Å²) in [5.41, 5.74) is 4.77. The molecule has 5 heterocycles. The van der Waals surface area contributed by atoms with Crippen LogP contribution in [-0.2, 0) is 23.7 Å². The second-order valence-corrected chi connectivity index (χ2v) is 12.6. The molecule has 6 rings (SSSR count). The fourth-order valence-electron chi connectivity index (χ4n) is 5.29. The Morgan fingerprint density at radius 2 is 2.05 bits per heavy atom. The topological polar surface area (TPSA) is 123 Å². The molecule has 0 bridgehead atoms. The van der Waals surface area contributed by atoms with Crippen molar-refractivity contribution in [2.45, 2.75) is 57.7 Å². The highest BCUT2D eigenvalue weighted by Gasteiger charge is 2.31. The number of rotatable bonds is 6. The third-order valence-electron chi connectivity index (χ3n) is 7.50. The number of ether oxygens (including phenoxy) is 1. The molecule has 12 heteroatoms. The zero-order chi connectivity index (χ0) is 28.6. The maximum Gasteiger partial charge on any atom is 0.282 e. The number of hydrogen-bond acceptors (Lipinski definition) is 10. The molecular weight excluding hydrogens is 538 g/mol. The third-order valence-corrected chi connectivity index (χ3v) is 8.85. The highest BCUT2D eigenvalue weighted by Crippen LogP contribution is 2.33. The number of nitrogens with one attached hydrogen (secondary N) is 2. The van der Waals surface area contributed by atoms with E-state index in [1.165, 1.54) is 16.9 Å². The van der Waals surface area contributed by atoms with E-state index in [-0.39, 0.29) is 17.4 Å². The Balaban J connectivity index is 1.28. The highest BCUT2D eigenvalue weighted by molar-refractivity contribution is 7.13. The van der Waals surface area contributed by atoms with Gasteiger partial charge in [-0.05, 0) is 36.1 Å². The first-order valence-electron chi connectivity index (χ1n) is 13.9. The molecule has 0 spiro atoms. The van der Waals surface area contributed by atoms with Crippen LogP contribution in [0.2, 0.25) is 0 Å². The Morgan fingerprint density at radius 1 is 1.17 bits per heavy atom. The van der Waals surface area contributed by atoms with Crippen molar-refractivity contribution >= 4 is 28.9 Å². The van der Waals surface area contributed by atoms with E-state index in [4.69, 9.17) is 9.72 Å². The average Bonchev–Trinajstić information content (AvgIpc) is 3.71. The summed E-state index contributed by atoms with van der Waals surface area (Å²) in [6.45, 7) is 9.39. The van der Waals surface area contributed by atoms with Crippen LogP contribution in [0.25, 0.3) is 11.3 Å². The molecule has 2 N–H and O–H groups in total. The lowest BCUT2D eigenvalue weighted by molar-refractivity contribution is 0.0928. The first-order valence-corrected chi connectivity index (χ1v) is 14.7. The van der Waals surface area contributed by atoms with Gasteiger partial charge in [0.25, 0.3) is 5.91 Å². The second kappa shape index (κ2) is 11.3. The van der Waals surface area contributed by atoms with Crippen LogP contribution in [0.15, 0.2) is 42.9 Å². The zero-order valence-corrected chi connectivity index (χ0v) is 24.6. The number of aromatic nitrogens is 6. The quantitative estimate of drug-likeness (QED) is 0.349. The lowest BCUT2D eigenvalue weighted by Crippen LogP contribution is -2.36. The van der Waals surface area contributed by atoms with Crippen molar-refractivity contribution in [1.82, 2.24) is 40.2 Å². The minimum atomic E-state index is -0.183. The molecule has 11 nitrogen and oxygen atoms in total. The van der Waals surface area contributed by atoms with E-state index < -0.39 is 0 Å². The van der Waals surface area contributed by atoms with Gasteiger partial charge in [-0.3, -0.25) is 14.4 Å². The van der Waals surface area contributed by atoms with Crippen molar-refractivity contribution in [3.8, 4) is 11.3 Å². The predicted octanol–water partition coefficient (Wildman–Crippen LogP) is 4.24. The van der Waals surface area contributed by atoms with Gasteiger partial charge in [-0.2, -0.15) is 5.10 Å². The molecule has 4 aromatic rings. The Morgan fingerprint density at radius 3 is 2.78 bits per heavy atom. The number of anilines is 2. The lowest BCUT2D eigenvalue weighted by atomic mass is 9.96. The Labute approximate surface area is 243 Å². The van der Waals surface area contributed by atoms with E-state index in [1.807, 2.05) is 19.3 Å². The van der Waals surface area contributed by atoms with Gasteiger partial charge in [0.05, 0.1) is 30.2 Å². The van der Waals surface area contributed by atoms with Gasteiger partial charge in [0, 0.05) is 56.2 Å². The van der Waals surface area contributed by atoms with E-state index in [9.17, 15) is 4.79 Å². The van der Waals surface area contributed by atoms with Crippen LogP contribution >= 0.6 is 11.3 Å². The summed E-state index contributed by atoms with van der Waals surface area (Å²) in [4.78, 5) is 25.0. The summed E-state index contributed by atoms with van der Waals surface area (Å²) >= 11 is 1.36. The number of benzene rings is 1. The van der Waals surface area contributed by atoms with Crippen molar-refractivity contribution in [1.29, 1.82) is 0 Å². The summed E-state index contributed by atoms with van der Waals surface area (Å²) in [6.07, 6.45) is 7.18. The normalized spacial score (nSPS) is 19.5. The SMILES string of the molecule is Cn1cc(Nc2nccc(-c3ccc4c(c3)CN([C@@H]3CCOC3)CC[C@@H]4NC(=O)c3nnc(C(C)(C)C)s3)n2)cn1. The van der Waals surface area contributed by atoms with Gasteiger partial charge in [-0.1, -0.05) is 44.2 Å². The van der Waals surface area contributed by atoms with Crippen molar-refractivity contribution < 1.29 is 9.53 Å². The Kier molecular flexibility index (Phi) is 7.54. The summed E-state index contributed by atoms with van der Waals surface area (Å²) in [5.74, 6) is 0.324. The van der Waals surface area contributed by atoms with E-state index in [0.29, 0.717) is 17.0 Å². The molecule has 0 radical (unpaired) electrons. The number of amides is 1. The van der Waals surface area contributed by atoms with Crippen molar-refractivity contribution in [2.24, 2.45) is 7.05 Å². The average molecular weight is 574 g/mol. The van der Waals surface area contributed by atoms with Crippen molar-refractivity contribution in [3.05, 3.63) is 64.0 Å². The Bertz CT molecular complexity index is 1540. The standard InChI is InChI=1S/C29H35N9O2S/c1-29(2,3)27-36-35-26(41-27)25(39)33-24-8-11-38(21-9-12-40-17-21)15-19-13-18(5-6-22(19)24)23-7-10-30-28(34-23)32-20-14-31-37(4)16-20/h5-7,10,13-14,16,21,24H,8-9,11-12,15,17H2,1-4H3,(H,33,39)(H,30,32,34)/t21-,24+/m1/s1. The van der Waals surface area contributed by atoms with Gasteiger partial charge in [-0.15, -0.1) is 10.2 Å². The van der Waals surface area contributed by atoms with Crippen LogP contribution in [-0.4, -0.2) is 66.6 Å². The second-order valence-electron chi connectivity index (χ2n) is 11.7. The molecule has 1 amide bonds. The van der Waals surface area contributed by atoms with Crippen LogP contribution < -0.4 is 10.6 Å². The molecule has 2 aliphatic rings. The molecule has 0 saturated carbocycles.